The molecule has 1 rings (SSSR count). The van der Waals surface area contributed by atoms with Gasteiger partial charge in [-0.05, 0) is 26.7 Å². The monoisotopic (exact) mass is 360 g/mol. The predicted octanol–water partition coefficient (Wildman–Crippen LogP) is -2.15. The van der Waals surface area contributed by atoms with Crippen LogP contribution in [0.2, 0.25) is 0 Å². The molecule has 0 heterocycles. The van der Waals surface area contributed by atoms with Crippen molar-refractivity contribution >= 4 is 24.8 Å². The maximum absolute atomic E-state index is 12.6. The van der Waals surface area contributed by atoms with Gasteiger partial charge in [-0.2, -0.15) is 0 Å². The number of carbonyl (C=O) groups excluding carboxylic acids is 4. The van der Waals surface area contributed by atoms with Crippen LogP contribution >= 0.6 is 0 Å². The third-order valence-corrected chi connectivity index (χ3v) is 4.72. The van der Waals surface area contributed by atoms with Crippen LogP contribution < -0.4 is 10.6 Å². The summed E-state index contributed by atoms with van der Waals surface area (Å²) in [7, 11) is 0. The number of carbonyl (C=O) groups is 4. The fourth-order valence-corrected chi connectivity index (χ4v) is 3.36. The Bertz CT molecular complexity index is 480. The van der Waals surface area contributed by atoms with E-state index in [1.54, 1.807) is 0 Å². The Hall–Kier alpha value is -2.20. The van der Waals surface area contributed by atoms with Crippen molar-refractivity contribution in [3.63, 3.8) is 0 Å². The normalized spacial score (nSPS) is 19.5. The average Bonchev–Trinajstić information content (AvgIpc) is 3.40. The van der Waals surface area contributed by atoms with E-state index in [0.29, 0.717) is 0 Å². The lowest BCUT2D eigenvalue weighted by Crippen LogP contribution is -2.74. The van der Waals surface area contributed by atoms with Crippen LogP contribution in [-0.2, 0) is 28.7 Å². The summed E-state index contributed by atoms with van der Waals surface area (Å²) in [5.74, 6) is -1.95. The van der Waals surface area contributed by atoms with Crippen LogP contribution in [0.1, 0.15) is 26.7 Å². The second-order valence-corrected chi connectivity index (χ2v) is 5.67. The zero-order valence-electron chi connectivity index (χ0n) is 14.2. The van der Waals surface area contributed by atoms with E-state index in [4.69, 9.17) is 9.47 Å². The molecule has 0 aromatic carbocycles. The molecule has 4 N–H and O–H groups in total. The molecule has 1 aliphatic carbocycles. The summed E-state index contributed by atoms with van der Waals surface area (Å²) in [5.41, 5.74) is -5.57. The smallest absolute Gasteiger partial charge is 0.334 e. The molecule has 0 bridgehead atoms. The van der Waals surface area contributed by atoms with E-state index < -0.39 is 41.6 Å². The first-order valence-electron chi connectivity index (χ1n) is 7.90. The first kappa shape index (κ1) is 20.8. The minimum atomic E-state index is -2.03. The Balaban J connectivity index is 3.57. The van der Waals surface area contributed by atoms with Crippen molar-refractivity contribution < 1.29 is 38.9 Å². The summed E-state index contributed by atoms with van der Waals surface area (Å²) < 4.78 is 9.93. The maximum atomic E-state index is 12.6. The highest BCUT2D eigenvalue weighted by atomic mass is 16.5. The summed E-state index contributed by atoms with van der Waals surface area (Å²) in [4.78, 5) is 47.4. The van der Waals surface area contributed by atoms with Crippen LogP contribution in [-0.4, -0.2) is 72.5 Å². The van der Waals surface area contributed by atoms with Crippen molar-refractivity contribution in [3.8, 4) is 0 Å². The minimum Gasteiger partial charge on any atom is -0.464 e. The van der Waals surface area contributed by atoms with Gasteiger partial charge < -0.3 is 30.3 Å². The molecule has 0 aromatic rings. The lowest BCUT2D eigenvalue weighted by molar-refractivity contribution is -0.172. The van der Waals surface area contributed by atoms with Crippen LogP contribution in [0.5, 0.6) is 0 Å². The summed E-state index contributed by atoms with van der Waals surface area (Å²) in [5, 5.41) is 24.4. The molecule has 142 valence electrons. The van der Waals surface area contributed by atoms with E-state index in [9.17, 15) is 29.4 Å². The lowest BCUT2D eigenvalue weighted by Gasteiger charge is -2.46. The van der Waals surface area contributed by atoms with Crippen molar-refractivity contribution in [2.24, 2.45) is 5.41 Å². The molecular formula is C15H24N2O8. The van der Waals surface area contributed by atoms with E-state index >= 15 is 0 Å². The number of rotatable bonds is 12. The van der Waals surface area contributed by atoms with Crippen LogP contribution in [0.4, 0.5) is 0 Å². The van der Waals surface area contributed by atoms with Gasteiger partial charge in [-0.25, -0.2) is 9.59 Å². The van der Waals surface area contributed by atoms with Gasteiger partial charge in [-0.1, -0.05) is 0 Å². The predicted molar refractivity (Wildman–Crippen MR) is 83.0 cm³/mol. The molecule has 0 aliphatic heterocycles. The Morgan fingerprint density at radius 3 is 1.52 bits per heavy atom. The van der Waals surface area contributed by atoms with Crippen molar-refractivity contribution in [2.45, 2.75) is 37.8 Å². The number of nitrogens with one attached hydrogen (secondary N) is 2. The SMILES string of the molecule is CCOC(=O)[C@@](CO)(NC=O)C1([C@](CO)(NC=O)C(=O)OCC)CC1. The Morgan fingerprint density at radius 1 is 0.960 bits per heavy atom. The van der Waals surface area contributed by atoms with Crippen molar-refractivity contribution in [1.82, 2.24) is 10.6 Å². The van der Waals surface area contributed by atoms with Crippen molar-refractivity contribution in [3.05, 3.63) is 0 Å². The lowest BCUT2D eigenvalue weighted by atomic mass is 9.67. The van der Waals surface area contributed by atoms with Gasteiger partial charge in [-0.3, -0.25) is 9.59 Å². The van der Waals surface area contributed by atoms with E-state index in [1.807, 2.05) is 0 Å². The fourth-order valence-electron chi connectivity index (χ4n) is 3.36. The fraction of sp³-hybridized carbons (Fsp3) is 0.733. The van der Waals surface area contributed by atoms with Crippen LogP contribution in [0.3, 0.4) is 0 Å². The van der Waals surface area contributed by atoms with E-state index in [-0.39, 0.29) is 38.9 Å². The van der Waals surface area contributed by atoms with Crippen LogP contribution in [0.25, 0.3) is 0 Å². The molecule has 1 fully saturated rings. The van der Waals surface area contributed by atoms with Gasteiger partial charge in [0, 0.05) is 5.41 Å². The van der Waals surface area contributed by atoms with Crippen molar-refractivity contribution in [2.75, 3.05) is 26.4 Å². The average molecular weight is 360 g/mol. The second kappa shape index (κ2) is 8.26. The molecule has 0 radical (unpaired) electrons. The molecular weight excluding hydrogens is 336 g/mol. The minimum absolute atomic E-state index is 0.0379. The van der Waals surface area contributed by atoms with Gasteiger partial charge in [0.15, 0.2) is 11.1 Å². The first-order chi connectivity index (χ1) is 11.9. The number of esters is 2. The number of hydrogen-bond donors (Lipinski definition) is 4. The summed E-state index contributed by atoms with van der Waals surface area (Å²) in [6, 6.07) is 0. The number of amides is 2. The van der Waals surface area contributed by atoms with Gasteiger partial charge in [0.1, 0.15) is 0 Å². The third kappa shape index (κ3) is 3.07. The highest BCUT2D eigenvalue weighted by Gasteiger charge is 2.76. The van der Waals surface area contributed by atoms with E-state index in [1.165, 1.54) is 13.8 Å². The molecule has 2 atom stereocenters. The molecule has 0 aromatic heterocycles. The highest BCUT2D eigenvalue weighted by molar-refractivity contribution is 5.92. The highest BCUT2D eigenvalue weighted by Crippen LogP contribution is 2.61. The third-order valence-electron chi connectivity index (χ3n) is 4.72. The summed E-state index contributed by atoms with van der Waals surface area (Å²) >= 11 is 0. The zero-order valence-corrected chi connectivity index (χ0v) is 14.2. The molecule has 0 saturated heterocycles. The van der Waals surface area contributed by atoms with Crippen molar-refractivity contribution in [1.29, 1.82) is 0 Å². The second-order valence-electron chi connectivity index (χ2n) is 5.67. The van der Waals surface area contributed by atoms with Crippen LogP contribution in [0, 0.1) is 5.41 Å². The number of hydrogen-bond acceptors (Lipinski definition) is 8. The molecule has 10 nitrogen and oxygen atoms in total. The molecule has 25 heavy (non-hydrogen) atoms. The maximum Gasteiger partial charge on any atom is 0.334 e. The Kier molecular flexibility index (Phi) is 6.88. The molecule has 1 saturated carbocycles. The molecule has 2 amide bonds. The Morgan fingerprint density at radius 2 is 1.32 bits per heavy atom. The Labute approximate surface area is 144 Å². The quantitative estimate of drug-likeness (QED) is 0.227. The van der Waals surface area contributed by atoms with Gasteiger partial charge in [0.2, 0.25) is 12.8 Å². The number of aliphatic hydroxyl groups excluding tert-OH is 2. The molecule has 0 spiro atoms. The largest absolute Gasteiger partial charge is 0.464 e. The molecule has 0 unspecified atom stereocenters. The van der Waals surface area contributed by atoms with Gasteiger partial charge in [-0.15, -0.1) is 0 Å². The number of ether oxygens (including phenoxy) is 2. The van der Waals surface area contributed by atoms with Gasteiger partial charge in [0.05, 0.1) is 26.4 Å². The summed E-state index contributed by atoms with van der Waals surface area (Å²) in [6.45, 7) is 1.20. The molecule has 1 aliphatic rings. The van der Waals surface area contributed by atoms with Gasteiger partial charge >= 0.3 is 11.9 Å². The van der Waals surface area contributed by atoms with E-state index in [0.717, 1.165) is 0 Å². The first-order valence-corrected chi connectivity index (χ1v) is 7.90. The van der Waals surface area contributed by atoms with E-state index in [2.05, 4.69) is 10.6 Å². The number of aliphatic hydroxyl groups is 2. The van der Waals surface area contributed by atoms with Crippen LogP contribution in [0.15, 0.2) is 0 Å². The molecule has 10 heteroatoms. The standard InChI is InChI=1S/C15H24N2O8/c1-3-24-11(22)14(7-18,16-9-20)13(5-6-13)15(8-19,17-10-21)12(23)25-4-2/h9-10,18-19H,3-8H2,1-2H3,(H,16,20)(H,17,21)/t14-,15-/m1/s1. The topological polar surface area (TPSA) is 151 Å². The van der Waals surface area contributed by atoms with Gasteiger partial charge in [0.25, 0.3) is 0 Å². The summed E-state index contributed by atoms with van der Waals surface area (Å²) in [6.07, 6.45) is 0.684. The zero-order chi connectivity index (χ0) is 19.1.